The Balaban J connectivity index is 1.59. The van der Waals surface area contributed by atoms with Gasteiger partial charge in [-0.2, -0.15) is 31.1 Å². The number of hydrogen-bond donors (Lipinski definition) is 1. The number of halogens is 8. The molecule has 1 aliphatic rings. The average molecular weight is 686 g/mol. The van der Waals surface area contributed by atoms with Gasteiger partial charge in [0.2, 0.25) is 0 Å². The van der Waals surface area contributed by atoms with E-state index in [2.05, 4.69) is 20.4 Å². The fourth-order valence-corrected chi connectivity index (χ4v) is 6.19. The van der Waals surface area contributed by atoms with Crippen molar-refractivity contribution in [1.29, 1.82) is 0 Å². The number of pyridine rings is 1. The SMILES string of the molecule is CCN(c1nc2cc(F)c(F)cc2cc1CN(Cc1cc(C(F)(F)F)cc(C(F)(F)F)c1)c1nnn(C)n1)C1CCC(CC(=O)O)CC1. The number of nitrogens with zero attached hydrogens (tertiary/aromatic N) is 7. The lowest BCUT2D eigenvalue weighted by Gasteiger charge is -2.38. The fourth-order valence-electron chi connectivity index (χ4n) is 6.19. The normalized spacial score (nSPS) is 17.1. The van der Waals surface area contributed by atoms with E-state index in [4.69, 9.17) is 0 Å². The van der Waals surface area contributed by atoms with Crippen LogP contribution >= 0.6 is 0 Å². The van der Waals surface area contributed by atoms with Gasteiger partial charge in [0, 0.05) is 49.1 Å². The first-order valence-electron chi connectivity index (χ1n) is 15.1. The molecule has 1 fully saturated rings. The fraction of sp³-hybridized carbons (Fsp3) is 0.452. The van der Waals surface area contributed by atoms with E-state index in [1.807, 2.05) is 11.8 Å². The number of aryl methyl sites for hydroxylation is 1. The van der Waals surface area contributed by atoms with Crippen molar-refractivity contribution in [1.82, 2.24) is 25.2 Å². The molecule has 0 aliphatic heterocycles. The second-order valence-electron chi connectivity index (χ2n) is 11.8. The monoisotopic (exact) mass is 685 g/mol. The second-order valence-corrected chi connectivity index (χ2v) is 11.8. The van der Waals surface area contributed by atoms with E-state index in [1.165, 1.54) is 18.0 Å². The Morgan fingerprint density at radius 3 is 2.08 bits per heavy atom. The van der Waals surface area contributed by atoms with E-state index in [0.717, 1.165) is 16.9 Å². The molecule has 2 aromatic carbocycles. The van der Waals surface area contributed by atoms with Gasteiger partial charge in [-0.3, -0.25) is 4.79 Å². The molecule has 0 spiro atoms. The number of aromatic nitrogens is 5. The highest BCUT2D eigenvalue weighted by atomic mass is 19.4. The number of aliphatic carboxylic acids is 1. The van der Waals surface area contributed by atoms with E-state index in [-0.39, 0.29) is 53.4 Å². The lowest BCUT2D eigenvalue weighted by atomic mass is 9.83. The second kappa shape index (κ2) is 13.5. The molecular formula is C31H31F8N7O2. The third-order valence-corrected chi connectivity index (χ3v) is 8.41. The molecule has 1 saturated carbocycles. The maximum Gasteiger partial charge on any atom is 0.416 e. The van der Waals surface area contributed by atoms with Gasteiger partial charge in [0.25, 0.3) is 5.95 Å². The lowest BCUT2D eigenvalue weighted by Crippen LogP contribution is -2.40. The number of carboxylic acid groups (broad SMARTS) is 1. The van der Waals surface area contributed by atoms with Crippen LogP contribution in [-0.4, -0.2) is 48.9 Å². The summed E-state index contributed by atoms with van der Waals surface area (Å²) in [4.78, 5) is 20.3. The zero-order valence-electron chi connectivity index (χ0n) is 25.8. The molecule has 0 atom stereocenters. The number of fused-ring (bicyclic) bond motifs is 1. The molecule has 1 aliphatic carbocycles. The van der Waals surface area contributed by atoms with Gasteiger partial charge in [0.05, 0.1) is 23.7 Å². The Morgan fingerprint density at radius 2 is 1.54 bits per heavy atom. The number of anilines is 2. The first kappa shape index (κ1) is 34.8. The number of carboxylic acids is 1. The largest absolute Gasteiger partial charge is 0.481 e. The zero-order valence-corrected chi connectivity index (χ0v) is 25.8. The predicted octanol–water partition coefficient (Wildman–Crippen LogP) is 7.14. The van der Waals surface area contributed by atoms with Crippen LogP contribution in [-0.2, 0) is 37.3 Å². The van der Waals surface area contributed by atoms with Gasteiger partial charge >= 0.3 is 18.3 Å². The summed E-state index contributed by atoms with van der Waals surface area (Å²) in [6.07, 6.45) is -7.61. The third kappa shape index (κ3) is 7.93. The molecule has 2 aromatic heterocycles. The first-order chi connectivity index (χ1) is 22.5. The summed E-state index contributed by atoms with van der Waals surface area (Å²) in [6.45, 7) is 1.52. The molecule has 5 rings (SSSR count). The van der Waals surface area contributed by atoms with E-state index >= 15 is 0 Å². The molecule has 17 heteroatoms. The molecular weight excluding hydrogens is 654 g/mol. The van der Waals surface area contributed by atoms with Crippen molar-refractivity contribution in [3.05, 3.63) is 70.3 Å². The summed E-state index contributed by atoms with van der Waals surface area (Å²) in [5.41, 5.74) is -2.79. The number of alkyl halides is 6. The maximum absolute atomic E-state index is 14.3. The molecule has 4 aromatic rings. The molecule has 0 saturated heterocycles. The Morgan fingerprint density at radius 1 is 0.917 bits per heavy atom. The van der Waals surface area contributed by atoms with Gasteiger partial charge in [0.1, 0.15) is 5.82 Å². The molecule has 0 bridgehead atoms. The predicted molar refractivity (Wildman–Crippen MR) is 158 cm³/mol. The van der Waals surface area contributed by atoms with Crippen molar-refractivity contribution in [2.45, 2.75) is 70.5 Å². The number of carbonyl (C=O) groups is 1. The Hall–Kier alpha value is -4.57. The number of hydrogen-bond acceptors (Lipinski definition) is 7. The Kier molecular flexibility index (Phi) is 9.78. The van der Waals surface area contributed by atoms with Gasteiger partial charge in [-0.05, 0) is 79.6 Å². The Bertz CT molecular complexity index is 1750. The van der Waals surface area contributed by atoms with Crippen LogP contribution in [0.2, 0.25) is 0 Å². The van der Waals surface area contributed by atoms with Gasteiger partial charge in [-0.25, -0.2) is 13.8 Å². The minimum Gasteiger partial charge on any atom is -0.481 e. The van der Waals surface area contributed by atoms with Gasteiger partial charge in [0.15, 0.2) is 11.6 Å². The van der Waals surface area contributed by atoms with Gasteiger partial charge in [-0.1, -0.05) is 5.10 Å². The van der Waals surface area contributed by atoms with Crippen LogP contribution in [0.5, 0.6) is 0 Å². The van der Waals surface area contributed by atoms with Crippen molar-refractivity contribution in [2.75, 3.05) is 16.3 Å². The quantitative estimate of drug-likeness (QED) is 0.176. The molecule has 2 heterocycles. The van der Waals surface area contributed by atoms with Gasteiger partial charge in [-0.15, -0.1) is 5.10 Å². The minimum atomic E-state index is -5.06. The standard InChI is InChI=1S/C31H31F8N7O2/c1-3-46(23-6-4-17(5-7-23)10-27(47)48)28-20(11-19-12-24(32)25(33)14-26(19)40-28)16-45(29-41-43-44(2)42-29)15-18-8-21(30(34,35)36)13-22(9-18)31(37,38)39/h8-9,11-14,17,23H,3-7,10,15-16H2,1-2H3,(H,47,48). The van der Waals surface area contributed by atoms with E-state index in [9.17, 15) is 45.0 Å². The van der Waals surface area contributed by atoms with Crippen LogP contribution in [0.15, 0.2) is 36.4 Å². The molecule has 0 amide bonds. The van der Waals surface area contributed by atoms with E-state index in [1.54, 1.807) is 0 Å². The molecule has 0 radical (unpaired) electrons. The molecule has 48 heavy (non-hydrogen) atoms. The number of rotatable bonds is 10. The van der Waals surface area contributed by atoms with Crippen LogP contribution in [0, 0.1) is 17.6 Å². The van der Waals surface area contributed by atoms with Crippen LogP contribution in [0.25, 0.3) is 10.9 Å². The topological polar surface area (TPSA) is 100 Å². The summed E-state index contributed by atoms with van der Waals surface area (Å²) in [6, 6.07) is 4.58. The van der Waals surface area contributed by atoms with Gasteiger partial charge < -0.3 is 14.9 Å². The maximum atomic E-state index is 14.3. The highest BCUT2D eigenvalue weighted by Gasteiger charge is 2.37. The highest BCUT2D eigenvalue weighted by Crippen LogP contribution is 2.38. The summed E-state index contributed by atoms with van der Waals surface area (Å²) >= 11 is 0. The number of benzene rings is 2. The number of tetrazole rings is 1. The minimum absolute atomic E-state index is 0.00849. The summed E-state index contributed by atoms with van der Waals surface area (Å²) in [7, 11) is 1.43. The third-order valence-electron chi connectivity index (χ3n) is 8.41. The zero-order chi connectivity index (χ0) is 35.0. The van der Waals surface area contributed by atoms with E-state index in [0.29, 0.717) is 55.7 Å². The summed E-state index contributed by atoms with van der Waals surface area (Å²) in [5, 5.41) is 21.3. The molecule has 0 unspecified atom stereocenters. The van der Waals surface area contributed by atoms with Crippen molar-refractivity contribution in [2.24, 2.45) is 13.0 Å². The van der Waals surface area contributed by atoms with Crippen molar-refractivity contribution < 1.29 is 45.0 Å². The molecule has 258 valence electrons. The van der Waals surface area contributed by atoms with Crippen LogP contribution in [0.1, 0.15) is 61.3 Å². The summed E-state index contributed by atoms with van der Waals surface area (Å²) in [5.74, 6) is -2.93. The van der Waals surface area contributed by atoms with Crippen molar-refractivity contribution >= 4 is 28.6 Å². The average Bonchev–Trinajstić information content (AvgIpc) is 3.44. The van der Waals surface area contributed by atoms with Crippen LogP contribution < -0.4 is 9.80 Å². The van der Waals surface area contributed by atoms with Crippen LogP contribution in [0.3, 0.4) is 0 Å². The van der Waals surface area contributed by atoms with Crippen LogP contribution in [0.4, 0.5) is 46.9 Å². The summed E-state index contributed by atoms with van der Waals surface area (Å²) < 4.78 is 111. The molecule has 1 N–H and O–H groups in total. The highest BCUT2D eigenvalue weighted by molar-refractivity contribution is 5.82. The van der Waals surface area contributed by atoms with Crippen molar-refractivity contribution in [3.63, 3.8) is 0 Å². The smallest absolute Gasteiger partial charge is 0.416 e. The van der Waals surface area contributed by atoms with Crippen molar-refractivity contribution in [3.8, 4) is 0 Å². The first-order valence-corrected chi connectivity index (χ1v) is 15.1. The Labute approximate surface area is 269 Å². The van der Waals surface area contributed by atoms with E-state index < -0.39 is 47.6 Å². The molecule has 9 nitrogen and oxygen atoms in total. The lowest BCUT2D eigenvalue weighted by molar-refractivity contribution is -0.143.